The van der Waals surface area contributed by atoms with Gasteiger partial charge in [-0.3, -0.25) is 0 Å². The zero-order chi connectivity index (χ0) is 18.3. The molecule has 26 heavy (non-hydrogen) atoms. The predicted molar refractivity (Wildman–Crippen MR) is 105 cm³/mol. The molecule has 10 radical (unpaired) electrons. The fourth-order valence-electron chi connectivity index (χ4n) is 2.53. The third-order valence-corrected chi connectivity index (χ3v) is 4.63. The third-order valence-electron chi connectivity index (χ3n) is 3.47. The number of nitriles is 1. The van der Waals surface area contributed by atoms with E-state index in [9.17, 15) is 5.26 Å². The Morgan fingerprint density at radius 3 is 1.92 bits per heavy atom. The molecule has 2 aliphatic carbocycles. The number of rotatable bonds is 4. The summed E-state index contributed by atoms with van der Waals surface area (Å²) in [5.41, 5.74) is -0.306. The fourth-order valence-corrected chi connectivity index (χ4v) is 3.92. The van der Waals surface area contributed by atoms with Gasteiger partial charge in [-0.1, -0.05) is 23.7 Å². The predicted octanol–water partition coefficient (Wildman–Crippen LogP) is 5.33. The van der Waals surface area contributed by atoms with Crippen molar-refractivity contribution in [2.24, 2.45) is 0 Å². The monoisotopic (exact) mass is 423 g/mol. The molecule has 0 aliphatic heterocycles. The van der Waals surface area contributed by atoms with E-state index >= 15 is 0 Å². The topological polar surface area (TPSA) is 33.0 Å². The summed E-state index contributed by atoms with van der Waals surface area (Å²) in [4.78, 5) is 0. The van der Waals surface area contributed by atoms with Crippen molar-refractivity contribution < 1.29 is 21.5 Å². The molecule has 1 atom stereocenters. The smallest absolute Gasteiger partial charge is 0.396 e. The molecule has 0 N–H and O–H groups in total. The second kappa shape index (κ2) is 10.9. The quantitative estimate of drug-likeness (QED) is 0.613. The molecule has 2 aliphatic rings. The summed E-state index contributed by atoms with van der Waals surface area (Å²) >= 11 is 6.09. The van der Waals surface area contributed by atoms with Crippen LogP contribution in [0.25, 0.3) is 0 Å². The third kappa shape index (κ3) is 6.70. The van der Waals surface area contributed by atoms with Gasteiger partial charge in [-0.05, 0) is 95.1 Å². The van der Waals surface area contributed by atoms with E-state index in [2.05, 4.69) is 25.7 Å². The zero-order valence-electron chi connectivity index (χ0n) is 15.1. The molecule has 1 unspecified atom stereocenters. The van der Waals surface area contributed by atoms with Crippen LogP contribution >= 0.6 is 11.6 Å². The van der Waals surface area contributed by atoms with Crippen LogP contribution < -0.4 is 0 Å². The van der Waals surface area contributed by atoms with Crippen molar-refractivity contribution in [1.82, 2.24) is 0 Å². The van der Waals surface area contributed by atoms with E-state index in [1.165, 1.54) is 0 Å². The second-order valence-corrected chi connectivity index (χ2v) is 11.5. The first-order chi connectivity index (χ1) is 11.9. The molecule has 2 nitrogen and oxygen atoms in total. The Kier molecular flexibility index (Phi) is 9.94. The fraction of sp³-hybridized carbons (Fsp3) is 0.190. The SMILES string of the molecule is C[Si](C)(C)OC(C#N)([C]1[CH][CH][CH][CH]1)c1cccc(Cl)c1.[CH]1[CH][CH][CH][CH]1.[Fe+2]. The summed E-state index contributed by atoms with van der Waals surface area (Å²) in [6, 6.07) is 9.71. The van der Waals surface area contributed by atoms with Crippen LogP contribution in [0.1, 0.15) is 5.56 Å². The summed E-state index contributed by atoms with van der Waals surface area (Å²) in [6.07, 6.45) is 17.7. The Morgan fingerprint density at radius 1 is 0.962 bits per heavy atom. The Balaban J connectivity index is 0.000000486. The van der Waals surface area contributed by atoms with Crippen molar-refractivity contribution in [3.63, 3.8) is 0 Å². The van der Waals surface area contributed by atoms with Gasteiger partial charge in [0.25, 0.3) is 0 Å². The van der Waals surface area contributed by atoms with Crippen molar-refractivity contribution in [2.75, 3.05) is 0 Å². The zero-order valence-corrected chi connectivity index (χ0v) is 18.0. The first kappa shape index (κ1) is 23.7. The average molecular weight is 424 g/mol. The molecule has 1 aromatic carbocycles. The maximum Gasteiger partial charge on any atom is 2.00 e. The summed E-state index contributed by atoms with van der Waals surface area (Å²) in [5, 5.41) is 10.5. The van der Waals surface area contributed by atoms with E-state index < -0.39 is 13.9 Å². The van der Waals surface area contributed by atoms with Crippen LogP contribution in [0.4, 0.5) is 0 Å². The van der Waals surface area contributed by atoms with Crippen LogP contribution in [0.2, 0.25) is 24.7 Å². The van der Waals surface area contributed by atoms with Crippen LogP contribution in [0.3, 0.4) is 0 Å². The molecule has 2 fully saturated rings. The van der Waals surface area contributed by atoms with Crippen LogP contribution in [0, 0.1) is 75.0 Å². The molecule has 0 spiro atoms. The number of halogens is 1. The van der Waals surface area contributed by atoms with Gasteiger partial charge in [-0.15, -0.1) is 0 Å². The molecule has 5 heteroatoms. The van der Waals surface area contributed by atoms with E-state index in [0.717, 1.165) is 11.5 Å². The second-order valence-electron chi connectivity index (χ2n) is 6.65. The maximum absolute atomic E-state index is 9.86. The van der Waals surface area contributed by atoms with Crippen LogP contribution in [-0.2, 0) is 27.1 Å². The molecule has 3 rings (SSSR count). The minimum Gasteiger partial charge on any atom is -0.396 e. The first-order valence-corrected chi connectivity index (χ1v) is 11.9. The van der Waals surface area contributed by atoms with Gasteiger partial charge in [0.1, 0.15) is 6.07 Å². The van der Waals surface area contributed by atoms with Crippen LogP contribution in [0.15, 0.2) is 24.3 Å². The molecular weight excluding hydrogens is 402 g/mol. The largest absolute Gasteiger partial charge is 2.00 e. The molecule has 0 saturated heterocycles. The van der Waals surface area contributed by atoms with Crippen molar-refractivity contribution in [2.45, 2.75) is 25.2 Å². The minimum atomic E-state index is -1.94. The van der Waals surface area contributed by atoms with Gasteiger partial charge >= 0.3 is 17.1 Å². The Morgan fingerprint density at radius 2 is 1.50 bits per heavy atom. The summed E-state index contributed by atoms with van der Waals surface area (Å²) in [5.74, 6) is 0.852. The minimum absolute atomic E-state index is 0. The van der Waals surface area contributed by atoms with Crippen molar-refractivity contribution in [1.29, 1.82) is 5.26 Å². The molecule has 0 amide bonds. The van der Waals surface area contributed by atoms with E-state index in [4.69, 9.17) is 16.0 Å². The van der Waals surface area contributed by atoms with Gasteiger partial charge in [-0.25, -0.2) is 0 Å². The molecule has 0 aromatic heterocycles. The van der Waals surface area contributed by atoms with Crippen molar-refractivity contribution in [3.05, 3.63) is 98.6 Å². The van der Waals surface area contributed by atoms with Gasteiger partial charge in [0.15, 0.2) is 13.9 Å². The number of benzene rings is 1. The normalized spacial score (nSPS) is 19.7. The molecular formula is C21H22ClFeNOSi+2. The van der Waals surface area contributed by atoms with E-state index in [1.54, 1.807) is 12.1 Å². The van der Waals surface area contributed by atoms with Crippen molar-refractivity contribution >= 4 is 19.9 Å². The van der Waals surface area contributed by atoms with Gasteiger partial charge in [0, 0.05) is 10.9 Å². The van der Waals surface area contributed by atoms with E-state index in [0.29, 0.717) is 5.02 Å². The number of nitrogens with zero attached hydrogens (tertiary/aromatic N) is 1. The van der Waals surface area contributed by atoms with Gasteiger partial charge in [0.05, 0.1) is 0 Å². The Hall–Kier alpha value is -0.304. The molecule has 1 aromatic rings. The Labute approximate surface area is 176 Å². The van der Waals surface area contributed by atoms with Gasteiger partial charge in [0.2, 0.25) is 0 Å². The summed E-state index contributed by atoms with van der Waals surface area (Å²) < 4.78 is 6.28. The van der Waals surface area contributed by atoms with Gasteiger partial charge in [-0.2, -0.15) is 5.26 Å². The van der Waals surface area contributed by atoms with Crippen LogP contribution in [-0.4, -0.2) is 8.32 Å². The molecule has 2 saturated carbocycles. The maximum atomic E-state index is 9.86. The Bertz CT molecular complexity index is 581. The first-order valence-electron chi connectivity index (χ1n) is 8.14. The van der Waals surface area contributed by atoms with E-state index in [1.807, 2.05) is 69.9 Å². The van der Waals surface area contributed by atoms with Gasteiger partial charge < -0.3 is 4.43 Å². The molecule has 134 valence electrons. The van der Waals surface area contributed by atoms with Crippen LogP contribution in [0.5, 0.6) is 0 Å². The number of hydrogen-bond donors (Lipinski definition) is 0. The molecule has 0 heterocycles. The summed E-state index contributed by atoms with van der Waals surface area (Å²) in [6.45, 7) is 6.23. The standard InChI is InChI=1S/C16H17ClNOSi.C5H5.Fe/c1-20(2,3)19-16(12-18,13-7-4-5-8-13)14-9-6-10-15(17)11-14;1-2-4-5-3-1;/h4-11H,1-3H3;1-5H;/q;;+2. The van der Waals surface area contributed by atoms with Crippen molar-refractivity contribution in [3.8, 4) is 6.07 Å². The number of hydrogen-bond acceptors (Lipinski definition) is 2. The summed E-state index contributed by atoms with van der Waals surface area (Å²) in [7, 11) is -1.94. The van der Waals surface area contributed by atoms with E-state index in [-0.39, 0.29) is 17.1 Å². The molecule has 0 bridgehead atoms. The average Bonchev–Trinajstić information content (AvgIpc) is 3.27.